The van der Waals surface area contributed by atoms with Crippen LogP contribution in [0.1, 0.15) is 23.5 Å². The van der Waals surface area contributed by atoms with Gasteiger partial charge >= 0.3 is 5.97 Å². The number of carbonyl (C=O) groups is 4. The van der Waals surface area contributed by atoms with Gasteiger partial charge in [-0.3, -0.25) is 19.2 Å². The fourth-order valence-electron chi connectivity index (χ4n) is 1.34. The summed E-state index contributed by atoms with van der Waals surface area (Å²) in [5.74, 6) is -2.22. The zero-order chi connectivity index (χ0) is 16.7. The Morgan fingerprint density at radius 2 is 2.00 bits per heavy atom. The van der Waals surface area contributed by atoms with E-state index >= 15 is 0 Å². The number of aliphatic carboxylic acids is 1. The average molecular weight is 328 g/mol. The number of nitrogens with zero attached hydrogens (tertiary/aromatic N) is 1. The highest BCUT2D eigenvalue weighted by Gasteiger charge is 2.20. The maximum Gasteiger partial charge on any atom is 0.325 e. The molecule has 4 N–H and O–H groups in total. The van der Waals surface area contributed by atoms with Crippen LogP contribution in [0.4, 0.5) is 5.13 Å². The predicted molar refractivity (Wildman–Crippen MR) is 78.8 cm³/mol. The van der Waals surface area contributed by atoms with Gasteiger partial charge in [0.1, 0.15) is 12.1 Å². The van der Waals surface area contributed by atoms with E-state index in [4.69, 9.17) is 5.11 Å². The molecule has 10 heteroatoms. The molecular formula is C12H16N4O5S. The Labute approximate surface area is 130 Å². The van der Waals surface area contributed by atoms with Gasteiger partial charge in [0.2, 0.25) is 11.8 Å². The maximum atomic E-state index is 11.7. The lowest BCUT2D eigenvalue weighted by Gasteiger charge is -2.16. The lowest BCUT2D eigenvalue weighted by atomic mass is 10.2. The van der Waals surface area contributed by atoms with Crippen LogP contribution in [0.15, 0.2) is 6.20 Å². The zero-order valence-electron chi connectivity index (χ0n) is 12.0. The van der Waals surface area contributed by atoms with Crippen LogP contribution < -0.4 is 16.0 Å². The molecule has 0 fully saturated rings. The lowest BCUT2D eigenvalue weighted by Crippen LogP contribution is -2.50. The predicted octanol–water partition coefficient (Wildman–Crippen LogP) is -0.538. The molecule has 1 aromatic rings. The molecule has 2 amide bonds. The van der Waals surface area contributed by atoms with E-state index in [1.807, 2.05) is 0 Å². The van der Waals surface area contributed by atoms with Crippen molar-refractivity contribution in [1.29, 1.82) is 0 Å². The highest BCUT2D eigenvalue weighted by atomic mass is 32.1. The highest BCUT2D eigenvalue weighted by molar-refractivity contribution is 7.17. The van der Waals surface area contributed by atoms with Gasteiger partial charge in [-0.05, 0) is 13.8 Å². The minimum absolute atomic E-state index is 0.127. The first-order valence-electron chi connectivity index (χ1n) is 6.31. The minimum atomic E-state index is -1.16. The van der Waals surface area contributed by atoms with Crippen LogP contribution in [0.2, 0.25) is 0 Å². The number of hydrogen-bond acceptors (Lipinski definition) is 7. The molecule has 0 aliphatic carbocycles. The molecule has 2 unspecified atom stereocenters. The molecule has 0 saturated carbocycles. The Morgan fingerprint density at radius 3 is 2.55 bits per heavy atom. The fourth-order valence-corrected chi connectivity index (χ4v) is 1.96. The molecule has 0 bridgehead atoms. The second kappa shape index (κ2) is 8.08. The van der Waals surface area contributed by atoms with Crippen LogP contribution in [-0.2, 0) is 14.4 Å². The van der Waals surface area contributed by atoms with Crippen molar-refractivity contribution in [3.8, 4) is 0 Å². The molecule has 1 aromatic heterocycles. The summed E-state index contributed by atoms with van der Waals surface area (Å²) in [5.41, 5.74) is 0. The monoisotopic (exact) mass is 328 g/mol. The van der Waals surface area contributed by atoms with Crippen molar-refractivity contribution in [3.05, 3.63) is 11.1 Å². The van der Waals surface area contributed by atoms with Crippen molar-refractivity contribution in [2.24, 2.45) is 0 Å². The number of aldehydes is 1. The van der Waals surface area contributed by atoms with Crippen LogP contribution in [0, 0.1) is 0 Å². The summed E-state index contributed by atoms with van der Waals surface area (Å²) in [6, 6.07) is -1.92. The Kier molecular flexibility index (Phi) is 6.45. The first-order chi connectivity index (χ1) is 10.3. The molecule has 0 radical (unpaired) electrons. The molecule has 0 aliphatic heterocycles. The van der Waals surface area contributed by atoms with Crippen molar-refractivity contribution in [2.45, 2.75) is 25.9 Å². The number of nitrogens with one attached hydrogen (secondary N) is 3. The number of carboxylic acids is 1. The van der Waals surface area contributed by atoms with Gasteiger partial charge < -0.3 is 21.1 Å². The van der Waals surface area contributed by atoms with E-state index in [0.717, 1.165) is 11.3 Å². The molecule has 1 heterocycles. The molecule has 120 valence electrons. The average Bonchev–Trinajstić information content (AvgIpc) is 2.92. The van der Waals surface area contributed by atoms with Crippen LogP contribution in [-0.4, -0.2) is 52.8 Å². The van der Waals surface area contributed by atoms with Gasteiger partial charge in [-0.1, -0.05) is 11.3 Å². The summed E-state index contributed by atoms with van der Waals surface area (Å²) in [5, 5.41) is 16.5. The second-order valence-corrected chi connectivity index (χ2v) is 5.46. The third-order valence-electron chi connectivity index (χ3n) is 2.54. The molecule has 0 spiro atoms. The smallest absolute Gasteiger partial charge is 0.325 e. The van der Waals surface area contributed by atoms with E-state index < -0.39 is 29.9 Å². The van der Waals surface area contributed by atoms with E-state index in [-0.39, 0.29) is 6.54 Å². The normalized spacial score (nSPS) is 12.8. The summed E-state index contributed by atoms with van der Waals surface area (Å²) in [6.07, 6.45) is 2.03. The number of amides is 2. The number of aromatic nitrogens is 1. The molecular weight excluding hydrogens is 312 g/mol. The van der Waals surface area contributed by atoms with Gasteiger partial charge in [-0.15, -0.1) is 0 Å². The van der Waals surface area contributed by atoms with Crippen molar-refractivity contribution in [2.75, 3.05) is 11.9 Å². The molecule has 2 atom stereocenters. The number of rotatable bonds is 8. The fraction of sp³-hybridized carbons (Fsp3) is 0.417. The highest BCUT2D eigenvalue weighted by Crippen LogP contribution is 2.15. The van der Waals surface area contributed by atoms with Gasteiger partial charge in [0.25, 0.3) is 0 Å². The van der Waals surface area contributed by atoms with E-state index in [9.17, 15) is 19.2 Å². The molecule has 9 nitrogen and oxygen atoms in total. The summed E-state index contributed by atoms with van der Waals surface area (Å²) >= 11 is 1.10. The molecule has 0 aliphatic rings. The minimum Gasteiger partial charge on any atom is -0.480 e. The van der Waals surface area contributed by atoms with Gasteiger partial charge in [-0.2, -0.15) is 0 Å². The quantitative estimate of drug-likeness (QED) is 0.470. The lowest BCUT2D eigenvalue weighted by molar-refractivity contribution is -0.141. The maximum absolute atomic E-state index is 11.7. The van der Waals surface area contributed by atoms with Crippen molar-refractivity contribution in [1.82, 2.24) is 15.6 Å². The molecule has 1 rings (SSSR count). The zero-order valence-corrected chi connectivity index (χ0v) is 12.8. The van der Waals surface area contributed by atoms with Crippen LogP contribution >= 0.6 is 11.3 Å². The van der Waals surface area contributed by atoms with Crippen LogP contribution in [0.25, 0.3) is 0 Å². The second-order valence-electron chi connectivity index (χ2n) is 4.40. The number of carbonyl (C=O) groups excluding carboxylic acids is 3. The van der Waals surface area contributed by atoms with E-state index in [1.165, 1.54) is 20.0 Å². The Morgan fingerprint density at radius 1 is 1.32 bits per heavy atom. The Bertz CT molecular complexity index is 574. The third kappa shape index (κ3) is 5.48. The summed E-state index contributed by atoms with van der Waals surface area (Å²) in [4.78, 5) is 48.7. The standard InChI is InChI=1S/C12H16N4O5S/c1-6(10(19)16-7(2)11(20)21)15-9(18)4-14-12-13-3-8(5-17)22-12/h3,5-7H,4H2,1-2H3,(H,13,14)(H,15,18)(H,16,19)(H,20,21). The Hall–Kier alpha value is -2.49. The Balaban J connectivity index is 2.38. The number of carboxylic acid groups (broad SMARTS) is 1. The van der Waals surface area contributed by atoms with E-state index in [2.05, 4.69) is 20.9 Å². The van der Waals surface area contributed by atoms with E-state index in [0.29, 0.717) is 16.3 Å². The first-order valence-corrected chi connectivity index (χ1v) is 7.12. The molecule has 0 aromatic carbocycles. The van der Waals surface area contributed by atoms with Gasteiger partial charge in [0, 0.05) is 0 Å². The van der Waals surface area contributed by atoms with Crippen molar-refractivity contribution >= 4 is 40.5 Å². The SMILES string of the molecule is CC(NC(=O)C(C)NC(=O)CNc1ncc(C=O)s1)C(=O)O. The van der Waals surface area contributed by atoms with Gasteiger partial charge in [0.05, 0.1) is 17.6 Å². The first kappa shape index (κ1) is 17.6. The van der Waals surface area contributed by atoms with Gasteiger partial charge in [-0.25, -0.2) is 4.98 Å². The summed E-state index contributed by atoms with van der Waals surface area (Å²) in [6.45, 7) is 2.64. The number of hydrogen-bond donors (Lipinski definition) is 4. The number of thiazole rings is 1. The molecule has 0 saturated heterocycles. The van der Waals surface area contributed by atoms with Crippen LogP contribution in [0.3, 0.4) is 0 Å². The van der Waals surface area contributed by atoms with Crippen LogP contribution in [0.5, 0.6) is 0 Å². The van der Waals surface area contributed by atoms with E-state index in [1.54, 1.807) is 0 Å². The van der Waals surface area contributed by atoms with Crippen molar-refractivity contribution in [3.63, 3.8) is 0 Å². The largest absolute Gasteiger partial charge is 0.480 e. The van der Waals surface area contributed by atoms with Crippen molar-refractivity contribution < 1.29 is 24.3 Å². The molecule has 22 heavy (non-hydrogen) atoms. The summed E-state index contributed by atoms with van der Waals surface area (Å²) in [7, 11) is 0. The van der Waals surface area contributed by atoms with Gasteiger partial charge in [0.15, 0.2) is 11.4 Å². The topological polar surface area (TPSA) is 137 Å². The number of anilines is 1. The summed E-state index contributed by atoms with van der Waals surface area (Å²) < 4.78 is 0. The third-order valence-corrected chi connectivity index (χ3v) is 3.42.